The van der Waals surface area contributed by atoms with Gasteiger partial charge >= 0.3 is 0 Å². The summed E-state index contributed by atoms with van der Waals surface area (Å²) in [5, 5.41) is 12.2. The van der Waals surface area contributed by atoms with E-state index in [0.717, 1.165) is 5.56 Å². The summed E-state index contributed by atoms with van der Waals surface area (Å²) in [6, 6.07) is 13.7. The Balaban J connectivity index is 1.74. The molecule has 7 nitrogen and oxygen atoms in total. The lowest BCUT2D eigenvalue weighted by Crippen LogP contribution is -2.23. The van der Waals surface area contributed by atoms with Gasteiger partial charge in [-0.05, 0) is 55.5 Å². The fraction of sp³-hybridized carbons (Fsp3) is 0.143. The molecule has 0 fully saturated rings. The lowest BCUT2D eigenvalue weighted by molar-refractivity contribution is -0.115. The van der Waals surface area contributed by atoms with E-state index < -0.39 is 11.2 Å². The van der Waals surface area contributed by atoms with Gasteiger partial charge in [-0.15, -0.1) is 16.8 Å². The van der Waals surface area contributed by atoms with Gasteiger partial charge in [0.05, 0.1) is 5.25 Å². The SMILES string of the molecule is C=CCn1c(SC(C)C(=O)Nc2ccc(C(N)=O)cc2)nnc1-c1ccc(Cl)cc1. The third-order valence-corrected chi connectivity index (χ3v) is 5.55. The van der Waals surface area contributed by atoms with Gasteiger partial charge in [0.1, 0.15) is 0 Å². The minimum atomic E-state index is -0.519. The molecule has 3 rings (SSSR count). The Morgan fingerprint density at radius 2 is 1.87 bits per heavy atom. The molecule has 30 heavy (non-hydrogen) atoms. The van der Waals surface area contributed by atoms with Gasteiger partial charge in [-0.25, -0.2) is 0 Å². The Hall–Kier alpha value is -3.10. The van der Waals surface area contributed by atoms with E-state index in [1.807, 2.05) is 16.7 Å². The summed E-state index contributed by atoms with van der Waals surface area (Å²) in [7, 11) is 0. The number of amides is 2. The third kappa shape index (κ3) is 5.08. The summed E-state index contributed by atoms with van der Waals surface area (Å²) in [4.78, 5) is 23.8. The van der Waals surface area contributed by atoms with E-state index in [-0.39, 0.29) is 5.91 Å². The fourth-order valence-electron chi connectivity index (χ4n) is 2.66. The lowest BCUT2D eigenvalue weighted by atomic mass is 10.2. The van der Waals surface area contributed by atoms with Crippen molar-refractivity contribution in [1.29, 1.82) is 0 Å². The highest BCUT2D eigenvalue weighted by Gasteiger charge is 2.20. The number of anilines is 1. The second kappa shape index (κ2) is 9.60. The van der Waals surface area contributed by atoms with Gasteiger partial charge in [-0.1, -0.05) is 29.4 Å². The Kier molecular flexibility index (Phi) is 6.91. The molecule has 0 saturated heterocycles. The minimum Gasteiger partial charge on any atom is -0.366 e. The van der Waals surface area contributed by atoms with Crippen molar-refractivity contribution in [3.05, 3.63) is 71.8 Å². The number of allylic oxidation sites excluding steroid dienone is 1. The van der Waals surface area contributed by atoms with E-state index >= 15 is 0 Å². The van der Waals surface area contributed by atoms with Crippen molar-refractivity contribution >= 4 is 40.9 Å². The van der Waals surface area contributed by atoms with Crippen molar-refractivity contribution in [2.45, 2.75) is 23.9 Å². The van der Waals surface area contributed by atoms with E-state index in [1.54, 1.807) is 49.4 Å². The van der Waals surface area contributed by atoms with E-state index in [0.29, 0.717) is 33.8 Å². The quantitative estimate of drug-likeness (QED) is 0.406. The van der Waals surface area contributed by atoms with E-state index in [2.05, 4.69) is 22.1 Å². The van der Waals surface area contributed by atoms with Crippen LogP contribution in [0.5, 0.6) is 0 Å². The molecule has 3 N–H and O–H groups in total. The number of halogens is 1. The molecular formula is C21H20ClN5O2S. The first-order valence-electron chi connectivity index (χ1n) is 9.06. The summed E-state index contributed by atoms with van der Waals surface area (Å²) >= 11 is 7.26. The van der Waals surface area contributed by atoms with Crippen molar-refractivity contribution in [1.82, 2.24) is 14.8 Å². The van der Waals surface area contributed by atoms with E-state index in [1.165, 1.54) is 11.8 Å². The van der Waals surface area contributed by atoms with Crippen LogP contribution in [0.15, 0.2) is 66.3 Å². The Labute approximate surface area is 183 Å². The van der Waals surface area contributed by atoms with Crippen LogP contribution in [0, 0.1) is 0 Å². The fourth-order valence-corrected chi connectivity index (χ4v) is 3.64. The number of nitrogens with zero attached hydrogens (tertiary/aromatic N) is 3. The van der Waals surface area contributed by atoms with Crippen molar-refractivity contribution < 1.29 is 9.59 Å². The van der Waals surface area contributed by atoms with Gasteiger partial charge in [-0.2, -0.15) is 0 Å². The number of thioether (sulfide) groups is 1. The zero-order valence-electron chi connectivity index (χ0n) is 16.2. The van der Waals surface area contributed by atoms with Crippen molar-refractivity contribution in [3.8, 4) is 11.4 Å². The van der Waals surface area contributed by atoms with Crippen LogP contribution in [0.4, 0.5) is 5.69 Å². The van der Waals surface area contributed by atoms with Crippen LogP contribution in [-0.2, 0) is 11.3 Å². The molecule has 0 bridgehead atoms. The summed E-state index contributed by atoms with van der Waals surface area (Å²) in [5.41, 5.74) is 7.05. The van der Waals surface area contributed by atoms with Crippen molar-refractivity contribution in [3.63, 3.8) is 0 Å². The van der Waals surface area contributed by atoms with Crippen LogP contribution in [0.2, 0.25) is 5.02 Å². The molecule has 1 atom stereocenters. The number of benzene rings is 2. The first kappa shape index (κ1) is 21.6. The summed E-state index contributed by atoms with van der Waals surface area (Å²) in [6.07, 6.45) is 1.75. The number of rotatable bonds is 8. The van der Waals surface area contributed by atoms with Crippen molar-refractivity contribution in [2.24, 2.45) is 5.73 Å². The number of carbonyl (C=O) groups excluding carboxylic acids is 2. The smallest absolute Gasteiger partial charge is 0.248 e. The van der Waals surface area contributed by atoms with Crippen LogP contribution in [0.3, 0.4) is 0 Å². The highest BCUT2D eigenvalue weighted by molar-refractivity contribution is 8.00. The number of aromatic nitrogens is 3. The monoisotopic (exact) mass is 441 g/mol. The van der Waals surface area contributed by atoms with Gasteiger partial charge < -0.3 is 11.1 Å². The zero-order chi connectivity index (χ0) is 21.7. The molecule has 1 aromatic heterocycles. The second-order valence-corrected chi connectivity index (χ2v) is 8.15. The molecule has 0 aliphatic rings. The van der Waals surface area contributed by atoms with Crippen LogP contribution in [0.1, 0.15) is 17.3 Å². The molecule has 2 amide bonds. The Morgan fingerprint density at radius 3 is 2.47 bits per heavy atom. The molecule has 3 aromatic rings. The van der Waals surface area contributed by atoms with Crippen LogP contribution in [0.25, 0.3) is 11.4 Å². The first-order chi connectivity index (χ1) is 14.4. The summed E-state index contributed by atoms with van der Waals surface area (Å²) in [6.45, 7) is 6.08. The highest BCUT2D eigenvalue weighted by atomic mass is 35.5. The maximum Gasteiger partial charge on any atom is 0.248 e. The minimum absolute atomic E-state index is 0.201. The summed E-state index contributed by atoms with van der Waals surface area (Å²) < 4.78 is 1.90. The topological polar surface area (TPSA) is 103 Å². The second-order valence-electron chi connectivity index (χ2n) is 6.40. The van der Waals surface area contributed by atoms with E-state index in [9.17, 15) is 9.59 Å². The molecular weight excluding hydrogens is 422 g/mol. The van der Waals surface area contributed by atoms with E-state index in [4.69, 9.17) is 17.3 Å². The standard InChI is InChI=1S/C21H20ClN5O2S/c1-3-12-27-19(15-4-8-16(22)9-5-15)25-26-21(27)30-13(2)20(29)24-17-10-6-14(7-11-17)18(23)28/h3-11,13H,1,12H2,2H3,(H2,23,28)(H,24,29). The van der Waals surface area contributed by atoms with Crippen LogP contribution >= 0.6 is 23.4 Å². The number of nitrogens with two attached hydrogens (primary N) is 1. The average molecular weight is 442 g/mol. The van der Waals surface area contributed by atoms with Gasteiger partial charge in [-0.3, -0.25) is 14.2 Å². The van der Waals surface area contributed by atoms with Gasteiger partial charge in [0.15, 0.2) is 11.0 Å². The number of primary amides is 1. The number of carbonyl (C=O) groups is 2. The van der Waals surface area contributed by atoms with Crippen LogP contribution < -0.4 is 11.1 Å². The lowest BCUT2D eigenvalue weighted by Gasteiger charge is -2.13. The van der Waals surface area contributed by atoms with Gasteiger partial charge in [0, 0.05) is 28.4 Å². The first-order valence-corrected chi connectivity index (χ1v) is 10.3. The predicted molar refractivity (Wildman–Crippen MR) is 120 cm³/mol. The molecule has 0 aliphatic carbocycles. The number of nitrogens with one attached hydrogen (secondary N) is 1. The third-order valence-electron chi connectivity index (χ3n) is 4.22. The molecule has 0 radical (unpaired) electrons. The Morgan fingerprint density at radius 1 is 1.20 bits per heavy atom. The van der Waals surface area contributed by atoms with Crippen LogP contribution in [-0.4, -0.2) is 31.8 Å². The molecule has 2 aromatic carbocycles. The number of hydrogen-bond donors (Lipinski definition) is 2. The normalized spacial score (nSPS) is 11.7. The van der Waals surface area contributed by atoms with Crippen molar-refractivity contribution in [2.75, 3.05) is 5.32 Å². The maximum absolute atomic E-state index is 12.6. The van der Waals surface area contributed by atoms with Gasteiger partial charge in [0.2, 0.25) is 11.8 Å². The molecule has 0 spiro atoms. The highest BCUT2D eigenvalue weighted by Crippen LogP contribution is 2.28. The number of hydrogen-bond acceptors (Lipinski definition) is 5. The maximum atomic E-state index is 12.6. The Bertz CT molecular complexity index is 1060. The molecule has 0 saturated carbocycles. The zero-order valence-corrected chi connectivity index (χ0v) is 17.8. The molecule has 1 heterocycles. The average Bonchev–Trinajstić information content (AvgIpc) is 3.11. The molecule has 154 valence electrons. The molecule has 0 aliphatic heterocycles. The van der Waals surface area contributed by atoms with Gasteiger partial charge in [0.25, 0.3) is 0 Å². The largest absolute Gasteiger partial charge is 0.366 e. The molecule has 9 heteroatoms. The molecule has 1 unspecified atom stereocenters. The summed E-state index contributed by atoms with van der Waals surface area (Å²) in [5.74, 6) is -0.0495. The predicted octanol–water partition coefficient (Wildman–Crippen LogP) is 4.00.